The SMILES string of the molecule is c1ccc2c(CNCCn3cccn3)cccc2c1. The van der Waals surface area contributed by atoms with Crippen molar-refractivity contribution < 1.29 is 0 Å². The van der Waals surface area contributed by atoms with Crippen LogP contribution in [0.4, 0.5) is 0 Å². The van der Waals surface area contributed by atoms with E-state index in [0.29, 0.717) is 0 Å². The van der Waals surface area contributed by atoms with Crippen molar-refractivity contribution in [2.45, 2.75) is 13.1 Å². The summed E-state index contributed by atoms with van der Waals surface area (Å²) in [6, 6.07) is 16.9. The van der Waals surface area contributed by atoms with E-state index in [0.717, 1.165) is 19.6 Å². The van der Waals surface area contributed by atoms with Gasteiger partial charge in [0.25, 0.3) is 0 Å². The molecule has 0 bridgehead atoms. The van der Waals surface area contributed by atoms with Crippen LogP contribution in [0.5, 0.6) is 0 Å². The molecule has 0 atom stereocenters. The van der Waals surface area contributed by atoms with Gasteiger partial charge in [-0.1, -0.05) is 42.5 Å². The van der Waals surface area contributed by atoms with E-state index >= 15 is 0 Å². The van der Waals surface area contributed by atoms with Gasteiger partial charge in [-0.3, -0.25) is 4.68 Å². The van der Waals surface area contributed by atoms with Gasteiger partial charge in [-0.05, 0) is 22.4 Å². The Hall–Kier alpha value is -2.13. The van der Waals surface area contributed by atoms with Crippen LogP contribution < -0.4 is 5.32 Å². The molecule has 1 aromatic heterocycles. The van der Waals surface area contributed by atoms with Crippen molar-refractivity contribution >= 4 is 10.8 Å². The minimum Gasteiger partial charge on any atom is -0.311 e. The molecule has 3 rings (SSSR count). The maximum atomic E-state index is 4.19. The van der Waals surface area contributed by atoms with Crippen LogP contribution in [0, 0.1) is 0 Å². The maximum absolute atomic E-state index is 4.19. The maximum Gasteiger partial charge on any atom is 0.0534 e. The van der Waals surface area contributed by atoms with Gasteiger partial charge in [0.1, 0.15) is 0 Å². The molecule has 96 valence electrons. The molecule has 0 aliphatic rings. The number of fused-ring (bicyclic) bond motifs is 1. The van der Waals surface area contributed by atoms with Crippen LogP contribution in [-0.2, 0) is 13.1 Å². The first-order chi connectivity index (χ1) is 9.43. The Labute approximate surface area is 112 Å². The summed E-state index contributed by atoms with van der Waals surface area (Å²) >= 11 is 0. The lowest BCUT2D eigenvalue weighted by Crippen LogP contribution is -2.19. The zero-order valence-corrected chi connectivity index (χ0v) is 10.8. The Morgan fingerprint density at radius 3 is 2.79 bits per heavy atom. The number of rotatable bonds is 5. The summed E-state index contributed by atoms with van der Waals surface area (Å²) in [4.78, 5) is 0. The molecule has 3 heteroatoms. The van der Waals surface area contributed by atoms with Gasteiger partial charge >= 0.3 is 0 Å². The first kappa shape index (κ1) is 11.9. The Morgan fingerprint density at radius 1 is 1.00 bits per heavy atom. The molecule has 1 N–H and O–H groups in total. The van der Waals surface area contributed by atoms with Crippen LogP contribution >= 0.6 is 0 Å². The van der Waals surface area contributed by atoms with Crippen LogP contribution in [0.1, 0.15) is 5.56 Å². The normalized spacial score (nSPS) is 10.9. The highest BCUT2D eigenvalue weighted by atomic mass is 15.3. The summed E-state index contributed by atoms with van der Waals surface area (Å²) < 4.78 is 1.94. The second-order valence-electron chi connectivity index (χ2n) is 4.58. The van der Waals surface area contributed by atoms with E-state index in [1.165, 1.54) is 16.3 Å². The van der Waals surface area contributed by atoms with Gasteiger partial charge in [0.15, 0.2) is 0 Å². The Balaban J connectivity index is 1.62. The minimum atomic E-state index is 0.891. The first-order valence-electron chi connectivity index (χ1n) is 6.58. The lowest BCUT2D eigenvalue weighted by Gasteiger charge is -2.08. The number of aromatic nitrogens is 2. The molecule has 0 aliphatic carbocycles. The molecule has 2 aromatic carbocycles. The number of nitrogens with zero attached hydrogens (tertiary/aromatic N) is 2. The third-order valence-electron chi connectivity index (χ3n) is 3.27. The topological polar surface area (TPSA) is 29.9 Å². The fourth-order valence-electron chi connectivity index (χ4n) is 2.30. The molecule has 1 heterocycles. The Bertz CT molecular complexity index is 639. The fourth-order valence-corrected chi connectivity index (χ4v) is 2.30. The van der Waals surface area contributed by atoms with Gasteiger partial charge < -0.3 is 5.32 Å². The van der Waals surface area contributed by atoms with Crippen LogP contribution in [0.2, 0.25) is 0 Å². The summed E-state index contributed by atoms with van der Waals surface area (Å²) in [7, 11) is 0. The van der Waals surface area contributed by atoms with Crippen molar-refractivity contribution in [3.05, 3.63) is 66.5 Å². The zero-order chi connectivity index (χ0) is 12.9. The highest BCUT2D eigenvalue weighted by Crippen LogP contribution is 2.17. The lowest BCUT2D eigenvalue weighted by atomic mass is 10.0. The van der Waals surface area contributed by atoms with Gasteiger partial charge in [0, 0.05) is 25.5 Å². The molecular formula is C16H17N3. The second kappa shape index (κ2) is 5.67. The van der Waals surface area contributed by atoms with Crippen molar-refractivity contribution in [1.82, 2.24) is 15.1 Å². The van der Waals surface area contributed by atoms with Crippen LogP contribution in [0.15, 0.2) is 60.9 Å². The molecule has 19 heavy (non-hydrogen) atoms. The molecule has 0 unspecified atom stereocenters. The summed E-state index contributed by atoms with van der Waals surface area (Å²) in [6.07, 6.45) is 3.80. The van der Waals surface area contributed by atoms with Gasteiger partial charge in [-0.25, -0.2) is 0 Å². The van der Waals surface area contributed by atoms with E-state index in [2.05, 4.69) is 52.9 Å². The number of benzene rings is 2. The van der Waals surface area contributed by atoms with Gasteiger partial charge in [-0.15, -0.1) is 0 Å². The number of nitrogens with one attached hydrogen (secondary N) is 1. The highest BCUT2D eigenvalue weighted by molar-refractivity contribution is 5.85. The zero-order valence-electron chi connectivity index (χ0n) is 10.8. The summed E-state index contributed by atoms with van der Waals surface area (Å²) in [5.74, 6) is 0. The van der Waals surface area contributed by atoms with E-state index in [9.17, 15) is 0 Å². The largest absolute Gasteiger partial charge is 0.311 e. The second-order valence-corrected chi connectivity index (χ2v) is 4.58. The minimum absolute atomic E-state index is 0.891. The van der Waals surface area contributed by atoms with Crippen molar-refractivity contribution in [2.24, 2.45) is 0 Å². The van der Waals surface area contributed by atoms with Crippen molar-refractivity contribution in [3.8, 4) is 0 Å². The van der Waals surface area contributed by atoms with Crippen LogP contribution in [0.3, 0.4) is 0 Å². The Kier molecular flexibility index (Phi) is 3.56. The monoisotopic (exact) mass is 251 g/mol. The average molecular weight is 251 g/mol. The highest BCUT2D eigenvalue weighted by Gasteiger charge is 1.99. The molecule has 0 fully saturated rings. The average Bonchev–Trinajstić information content (AvgIpc) is 2.97. The molecule has 3 aromatic rings. The van der Waals surface area contributed by atoms with Crippen molar-refractivity contribution in [3.63, 3.8) is 0 Å². The van der Waals surface area contributed by atoms with E-state index in [4.69, 9.17) is 0 Å². The number of hydrogen-bond donors (Lipinski definition) is 1. The molecule has 0 radical (unpaired) electrons. The smallest absolute Gasteiger partial charge is 0.0534 e. The predicted molar refractivity (Wildman–Crippen MR) is 77.9 cm³/mol. The fraction of sp³-hybridized carbons (Fsp3) is 0.188. The standard InChI is InChI=1S/C16H17N3/c1-2-8-16-14(5-1)6-3-7-15(16)13-17-10-12-19-11-4-9-18-19/h1-9,11,17H,10,12-13H2. The molecule has 0 spiro atoms. The molecule has 0 amide bonds. The Morgan fingerprint density at radius 2 is 1.89 bits per heavy atom. The molecular weight excluding hydrogens is 234 g/mol. The van der Waals surface area contributed by atoms with Crippen LogP contribution in [0.25, 0.3) is 10.8 Å². The third kappa shape index (κ3) is 2.83. The van der Waals surface area contributed by atoms with Gasteiger partial charge in [0.2, 0.25) is 0 Å². The predicted octanol–water partition coefficient (Wildman–Crippen LogP) is 2.83. The van der Waals surface area contributed by atoms with Crippen molar-refractivity contribution in [1.29, 1.82) is 0 Å². The van der Waals surface area contributed by atoms with E-state index in [-0.39, 0.29) is 0 Å². The molecule has 0 aliphatic heterocycles. The summed E-state index contributed by atoms with van der Waals surface area (Å²) in [6.45, 7) is 2.71. The first-order valence-corrected chi connectivity index (χ1v) is 6.58. The quantitative estimate of drug-likeness (QED) is 0.707. The molecule has 0 saturated carbocycles. The molecule has 3 nitrogen and oxygen atoms in total. The van der Waals surface area contributed by atoms with Crippen molar-refractivity contribution in [2.75, 3.05) is 6.54 Å². The molecule has 0 saturated heterocycles. The summed E-state index contributed by atoms with van der Waals surface area (Å²) in [5, 5.41) is 10.3. The van der Waals surface area contributed by atoms with E-state index in [1.807, 2.05) is 23.1 Å². The van der Waals surface area contributed by atoms with E-state index in [1.54, 1.807) is 0 Å². The lowest BCUT2D eigenvalue weighted by molar-refractivity contribution is 0.555. The third-order valence-corrected chi connectivity index (χ3v) is 3.27. The van der Waals surface area contributed by atoms with E-state index < -0.39 is 0 Å². The number of hydrogen-bond acceptors (Lipinski definition) is 2. The summed E-state index contributed by atoms with van der Waals surface area (Å²) in [5.41, 5.74) is 1.35. The van der Waals surface area contributed by atoms with Crippen LogP contribution in [-0.4, -0.2) is 16.3 Å². The van der Waals surface area contributed by atoms with Gasteiger partial charge in [-0.2, -0.15) is 5.10 Å². The van der Waals surface area contributed by atoms with Gasteiger partial charge in [0.05, 0.1) is 6.54 Å².